The number of rotatable bonds is 10. The first kappa shape index (κ1) is 18.3. The maximum Gasteiger partial charge on any atom is 0.321 e. The minimum atomic E-state index is -0.961. The molecule has 0 bridgehead atoms. The van der Waals surface area contributed by atoms with E-state index < -0.39 is 17.9 Å². The van der Waals surface area contributed by atoms with Crippen LogP contribution in [0.1, 0.15) is 19.3 Å². The number of carbonyl (C=O) groups is 3. The Kier molecular flexibility index (Phi) is 10.2. The Morgan fingerprint density at radius 1 is 1.15 bits per heavy atom. The second-order valence-corrected chi connectivity index (χ2v) is 4.47. The van der Waals surface area contributed by atoms with Crippen LogP contribution >= 0.6 is 0 Å². The fourth-order valence-electron chi connectivity index (χ4n) is 1.22. The number of nitrogens with one attached hydrogen (secondary N) is 2. The molecule has 8 nitrogen and oxygen atoms in total. The smallest absolute Gasteiger partial charge is 0.321 e. The van der Waals surface area contributed by atoms with E-state index in [2.05, 4.69) is 10.6 Å². The number of urea groups is 1. The summed E-state index contributed by atoms with van der Waals surface area (Å²) in [4.78, 5) is 34.7. The fourth-order valence-corrected chi connectivity index (χ4v) is 1.22. The molecule has 3 N–H and O–H groups in total. The maximum atomic E-state index is 11.3. The number of imide groups is 1. The average Bonchev–Trinajstić information content (AvgIpc) is 2.32. The number of nitrogens with zero attached hydrogens (tertiary/aromatic N) is 1. The van der Waals surface area contributed by atoms with Gasteiger partial charge in [-0.2, -0.15) is 0 Å². The number of likely N-dealkylation sites (N-methyl/N-ethyl adjacent to an activating group) is 1. The predicted octanol–water partition coefficient (Wildman–Crippen LogP) is -0.355. The maximum absolute atomic E-state index is 11.3. The van der Waals surface area contributed by atoms with Crippen molar-refractivity contribution in [2.24, 2.45) is 0 Å². The molecule has 0 aliphatic rings. The summed E-state index contributed by atoms with van der Waals surface area (Å²) < 4.78 is 5.26. The molecule has 0 aliphatic carbocycles. The van der Waals surface area contributed by atoms with Gasteiger partial charge in [-0.25, -0.2) is 4.79 Å². The Morgan fingerprint density at radius 2 is 1.85 bits per heavy atom. The number of hydrogen-bond acceptors (Lipinski definition) is 5. The molecule has 0 radical (unpaired) electrons. The zero-order valence-corrected chi connectivity index (χ0v) is 12.0. The van der Waals surface area contributed by atoms with Crippen LogP contribution in [0.25, 0.3) is 0 Å². The molecule has 20 heavy (non-hydrogen) atoms. The summed E-state index contributed by atoms with van der Waals surface area (Å²) in [6.45, 7) is 2.05. The van der Waals surface area contributed by atoms with E-state index in [4.69, 9.17) is 9.84 Å². The van der Waals surface area contributed by atoms with Gasteiger partial charge in [0, 0.05) is 25.9 Å². The molecule has 116 valence electrons. The third-order valence-corrected chi connectivity index (χ3v) is 2.26. The normalized spacial score (nSPS) is 10.3. The first-order chi connectivity index (χ1) is 9.41. The highest BCUT2D eigenvalue weighted by molar-refractivity contribution is 5.94. The van der Waals surface area contributed by atoms with E-state index in [1.54, 1.807) is 0 Å². The molecule has 0 saturated heterocycles. The zero-order valence-electron chi connectivity index (χ0n) is 12.0. The van der Waals surface area contributed by atoms with Gasteiger partial charge in [-0.3, -0.25) is 14.9 Å². The molecular weight excluding hydrogens is 266 g/mol. The Hall–Kier alpha value is -1.67. The summed E-state index contributed by atoms with van der Waals surface area (Å²) in [6, 6.07) is -0.596. The van der Waals surface area contributed by atoms with Crippen molar-refractivity contribution in [3.05, 3.63) is 0 Å². The van der Waals surface area contributed by atoms with Gasteiger partial charge in [0.15, 0.2) is 0 Å². The monoisotopic (exact) mass is 289 g/mol. The molecule has 8 heteroatoms. The van der Waals surface area contributed by atoms with Gasteiger partial charge in [0.2, 0.25) is 5.91 Å². The molecule has 0 aromatic carbocycles. The number of hydrogen-bond donors (Lipinski definition) is 3. The fraction of sp³-hybridized carbons (Fsp3) is 0.750. The van der Waals surface area contributed by atoms with Gasteiger partial charge in [-0.05, 0) is 20.5 Å². The molecule has 0 aliphatic heterocycles. The average molecular weight is 289 g/mol. The van der Waals surface area contributed by atoms with Gasteiger partial charge in [0.05, 0.1) is 13.2 Å². The van der Waals surface area contributed by atoms with E-state index in [9.17, 15) is 14.4 Å². The van der Waals surface area contributed by atoms with E-state index in [0.29, 0.717) is 19.8 Å². The molecule has 0 unspecified atom stereocenters. The van der Waals surface area contributed by atoms with Crippen molar-refractivity contribution in [2.45, 2.75) is 19.3 Å². The van der Waals surface area contributed by atoms with Gasteiger partial charge in [0.25, 0.3) is 0 Å². The summed E-state index contributed by atoms with van der Waals surface area (Å²) in [5.41, 5.74) is 0. The second kappa shape index (κ2) is 11.2. The van der Waals surface area contributed by atoms with Crippen molar-refractivity contribution in [3.63, 3.8) is 0 Å². The topological polar surface area (TPSA) is 108 Å². The van der Waals surface area contributed by atoms with E-state index in [1.807, 2.05) is 19.0 Å². The van der Waals surface area contributed by atoms with E-state index >= 15 is 0 Å². The summed E-state index contributed by atoms with van der Waals surface area (Å²) >= 11 is 0. The van der Waals surface area contributed by atoms with E-state index in [1.165, 1.54) is 0 Å². The summed E-state index contributed by atoms with van der Waals surface area (Å²) in [7, 11) is 3.87. The highest BCUT2D eigenvalue weighted by atomic mass is 16.5. The minimum absolute atomic E-state index is 0.0130. The number of amides is 3. The number of ether oxygens (including phenoxy) is 1. The second-order valence-electron chi connectivity index (χ2n) is 4.47. The van der Waals surface area contributed by atoms with Crippen LogP contribution in [0.5, 0.6) is 0 Å². The van der Waals surface area contributed by atoms with Crippen molar-refractivity contribution in [1.29, 1.82) is 0 Å². The third kappa shape index (κ3) is 12.8. The predicted molar refractivity (Wildman–Crippen MR) is 72.4 cm³/mol. The largest absolute Gasteiger partial charge is 0.481 e. The highest BCUT2D eigenvalue weighted by Crippen LogP contribution is 1.94. The number of carboxylic acid groups (broad SMARTS) is 1. The standard InChI is InChI=1S/C12H23N3O5/c1-15(2)7-9-20-8-6-13-12(19)14-10(16)4-3-5-11(17)18/h3-9H2,1-2H3,(H,17,18)(H2,13,14,16,19). The van der Waals surface area contributed by atoms with Crippen LogP contribution in [0.4, 0.5) is 4.79 Å². The molecule has 0 fully saturated rings. The van der Waals surface area contributed by atoms with Gasteiger partial charge < -0.3 is 20.1 Å². The first-order valence-corrected chi connectivity index (χ1v) is 6.43. The Balaban J connectivity index is 3.48. The van der Waals surface area contributed by atoms with E-state index in [-0.39, 0.29) is 19.3 Å². The molecule has 0 aromatic rings. The highest BCUT2D eigenvalue weighted by Gasteiger charge is 2.07. The molecule has 0 heterocycles. The van der Waals surface area contributed by atoms with Crippen molar-refractivity contribution < 1.29 is 24.2 Å². The molecular formula is C12H23N3O5. The molecule has 3 amide bonds. The van der Waals surface area contributed by atoms with Crippen LogP contribution in [0.2, 0.25) is 0 Å². The Labute approximate surface area is 118 Å². The zero-order chi connectivity index (χ0) is 15.4. The molecule has 0 atom stereocenters. The van der Waals surface area contributed by atoms with Crippen molar-refractivity contribution in [3.8, 4) is 0 Å². The summed E-state index contributed by atoms with van der Waals surface area (Å²) in [5.74, 6) is -1.45. The summed E-state index contributed by atoms with van der Waals surface area (Å²) in [6.07, 6.45) is 0.135. The van der Waals surface area contributed by atoms with Gasteiger partial charge >= 0.3 is 12.0 Å². The molecule has 0 rings (SSSR count). The van der Waals surface area contributed by atoms with Crippen LogP contribution in [-0.2, 0) is 14.3 Å². The van der Waals surface area contributed by atoms with Gasteiger partial charge in [0.1, 0.15) is 0 Å². The third-order valence-electron chi connectivity index (χ3n) is 2.26. The van der Waals surface area contributed by atoms with Crippen molar-refractivity contribution >= 4 is 17.9 Å². The van der Waals surface area contributed by atoms with Crippen LogP contribution in [0, 0.1) is 0 Å². The van der Waals surface area contributed by atoms with Crippen LogP contribution in [0.3, 0.4) is 0 Å². The minimum Gasteiger partial charge on any atom is -0.481 e. The number of aliphatic carboxylic acids is 1. The lowest BCUT2D eigenvalue weighted by Gasteiger charge is -2.10. The SMILES string of the molecule is CN(C)CCOCCNC(=O)NC(=O)CCCC(=O)O. The van der Waals surface area contributed by atoms with Gasteiger partial charge in [-0.15, -0.1) is 0 Å². The number of carbonyl (C=O) groups excluding carboxylic acids is 2. The lowest BCUT2D eigenvalue weighted by Crippen LogP contribution is -2.40. The quantitative estimate of drug-likeness (QED) is 0.474. The Bertz CT molecular complexity index is 320. The van der Waals surface area contributed by atoms with Crippen LogP contribution < -0.4 is 10.6 Å². The Morgan fingerprint density at radius 3 is 2.45 bits per heavy atom. The van der Waals surface area contributed by atoms with Gasteiger partial charge in [-0.1, -0.05) is 0 Å². The molecule has 0 aromatic heterocycles. The summed E-state index contributed by atoms with van der Waals surface area (Å²) in [5, 5.41) is 13.0. The van der Waals surface area contributed by atoms with Crippen molar-refractivity contribution in [2.75, 3.05) is 40.4 Å². The van der Waals surface area contributed by atoms with Crippen molar-refractivity contribution in [1.82, 2.24) is 15.5 Å². The van der Waals surface area contributed by atoms with E-state index in [0.717, 1.165) is 6.54 Å². The number of carboxylic acids is 1. The lowest BCUT2D eigenvalue weighted by molar-refractivity contribution is -0.137. The lowest BCUT2D eigenvalue weighted by atomic mass is 10.2. The van der Waals surface area contributed by atoms with Crippen LogP contribution in [-0.4, -0.2) is 68.3 Å². The molecule has 0 saturated carbocycles. The first-order valence-electron chi connectivity index (χ1n) is 6.43. The van der Waals surface area contributed by atoms with Crippen LogP contribution in [0.15, 0.2) is 0 Å². The molecule has 0 spiro atoms.